The van der Waals surface area contributed by atoms with Crippen molar-refractivity contribution >= 4 is 40.5 Å². The zero-order chi connectivity index (χ0) is 21.8. The van der Waals surface area contributed by atoms with Crippen LogP contribution in [0, 0.1) is 9.39 Å². The van der Waals surface area contributed by atoms with Crippen molar-refractivity contribution in [1.82, 2.24) is 0 Å². The van der Waals surface area contributed by atoms with Gasteiger partial charge in [-0.25, -0.2) is 14.2 Å². The van der Waals surface area contributed by atoms with Gasteiger partial charge in [0, 0.05) is 5.56 Å². The van der Waals surface area contributed by atoms with E-state index in [1.165, 1.54) is 12.3 Å². The Kier molecular flexibility index (Phi) is 6.36. The van der Waals surface area contributed by atoms with Gasteiger partial charge in [0.15, 0.2) is 23.0 Å². The van der Waals surface area contributed by atoms with Crippen molar-refractivity contribution in [3.63, 3.8) is 0 Å². The van der Waals surface area contributed by atoms with Gasteiger partial charge >= 0.3 is 5.97 Å². The number of ether oxygens (including phenoxy) is 3. The summed E-state index contributed by atoms with van der Waals surface area (Å²) in [5, 5.41) is 0. The van der Waals surface area contributed by atoms with Gasteiger partial charge < -0.3 is 18.6 Å². The fourth-order valence-corrected chi connectivity index (χ4v) is 3.69. The zero-order valence-electron chi connectivity index (χ0n) is 16.4. The third-order valence-electron chi connectivity index (χ3n) is 4.32. The molecule has 0 amide bonds. The lowest BCUT2D eigenvalue weighted by molar-refractivity contribution is -0.130. The fraction of sp³-hybridized carbons (Fsp3) is 0.130. The molecule has 0 bridgehead atoms. The van der Waals surface area contributed by atoms with E-state index in [-0.39, 0.29) is 24.0 Å². The van der Waals surface area contributed by atoms with Crippen molar-refractivity contribution in [3.8, 4) is 11.5 Å². The number of carbonyl (C=O) groups is 1. The average Bonchev–Trinajstić information content (AvgIpc) is 3.39. The lowest BCUT2D eigenvalue weighted by Gasteiger charge is -2.15. The van der Waals surface area contributed by atoms with E-state index in [0.29, 0.717) is 35.0 Å². The van der Waals surface area contributed by atoms with Crippen LogP contribution in [-0.2, 0) is 16.1 Å². The van der Waals surface area contributed by atoms with Crippen LogP contribution in [0.1, 0.15) is 23.8 Å². The van der Waals surface area contributed by atoms with Crippen molar-refractivity contribution in [2.24, 2.45) is 4.99 Å². The molecule has 0 saturated carbocycles. The normalized spacial score (nSPS) is 14.5. The fourth-order valence-electron chi connectivity index (χ4n) is 2.91. The monoisotopic (exact) mass is 533 g/mol. The summed E-state index contributed by atoms with van der Waals surface area (Å²) in [6, 6.07) is 13.3. The predicted molar refractivity (Wildman–Crippen MR) is 120 cm³/mol. The SMILES string of the molecule is CCOc1cc(/C=C2\N=C(c3ccco3)OC2=O)cc(I)c1OCc1ccccc1F. The van der Waals surface area contributed by atoms with E-state index in [9.17, 15) is 9.18 Å². The van der Waals surface area contributed by atoms with Gasteiger partial charge in [-0.1, -0.05) is 18.2 Å². The molecule has 1 aliphatic heterocycles. The number of nitrogens with zero attached hydrogens (tertiary/aromatic N) is 1. The maximum absolute atomic E-state index is 13.9. The molecule has 4 rings (SSSR count). The molecule has 158 valence electrons. The summed E-state index contributed by atoms with van der Waals surface area (Å²) in [6.45, 7) is 2.33. The Morgan fingerprint density at radius 2 is 2.00 bits per heavy atom. The first kappa shape index (κ1) is 21.1. The molecule has 0 spiro atoms. The van der Waals surface area contributed by atoms with Crippen molar-refractivity contribution in [2.45, 2.75) is 13.5 Å². The number of rotatable bonds is 7. The van der Waals surface area contributed by atoms with E-state index in [0.717, 1.165) is 3.57 Å². The number of furan rings is 1. The Balaban J connectivity index is 1.62. The van der Waals surface area contributed by atoms with Gasteiger partial charge in [0.1, 0.15) is 12.4 Å². The molecule has 0 atom stereocenters. The van der Waals surface area contributed by atoms with Crippen molar-refractivity contribution in [1.29, 1.82) is 0 Å². The highest BCUT2D eigenvalue weighted by Gasteiger charge is 2.26. The molecule has 6 nitrogen and oxygen atoms in total. The van der Waals surface area contributed by atoms with E-state index in [1.54, 1.807) is 42.5 Å². The van der Waals surface area contributed by atoms with Crippen LogP contribution < -0.4 is 9.47 Å². The first-order valence-corrected chi connectivity index (χ1v) is 10.5. The second-order valence-corrected chi connectivity index (χ2v) is 7.62. The summed E-state index contributed by atoms with van der Waals surface area (Å²) in [4.78, 5) is 16.4. The van der Waals surface area contributed by atoms with Gasteiger partial charge in [0.2, 0.25) is 0 Å². The molecule has 2 aromatic carbocycles. The molecule has 1 aromatic heterocycles. The van der Waals surface area contributed by atoms with E-state index in [4.69, 9.17) is 18.6 Å². The van der Waals surface area contributed by atoms with Crippen LogP contribution in [0.25, 0.3) is 6.08 Å². The second kappa shape index (κ2) is 9.34. The van der Waals surface area contributed by atoms with Crippen LogP contribution in [0.15, 0.2) is 69.9 Å². The molecular weight excluding hydrogens is 516 g/mol. The topological polar surface area (TPSA) is 70.3 Å². The minimum absolute atomic E-state index is 0.0618. The van der Waals surface area contributed by atoms with Crippen LogP contribution in [-0.4, -0.2) is 18.5 Å². The van der Waals surface area contributed by atoms with Crippen molar-refractivity contribution in [3.05, 3.63) is 86.8 Å². The number of halogens is 2. The maximum atomic E-state index is 13.9. The molecule has 8 heteroatoms. The van der Waals surface area contributed by atoms with Crippen molar-refractivity contribution in [2.75, 3.05) is 6.61 Å². The first-order chi connectivity index (χ1) is 15.0. The first-order valence-electron chi connectivity index (χ1n) is 9.44. The van der Waals surface area contributed by atoms with E-state index < -0.39 is 5.97 Å². The number of esters is 1. The zero-order valence-corrected chi connectivity index (χ0v) is 18.6. The lowest BCUT2D eigenvalue weighted by Crippen LogP contribution is -2.04. The molecular formula is C23H17FINO5. The second-order valence-electron chi connectivity index (χ2n) is 6.46. The summed E-state index contributed by atoms with van der Waals surface area (Å²) >= 11 is 2.11. The minimum Gasteiger partial charge on any atom is -0.490 e. The third kappa shape index (κ3) is 4.79. The Hall–Kier alpha value is -3.14. The summed E-state index contributed by atoms with van der Waals surface area (Å²) in [7, 11) is 0. The van der Waals surface area contributed by atoms with E-state index in [1.807, 2.05) is 13.0 Å². The maximum Gasteiger partial charge on any atom is 0.363 e. The number of hydrogen-bond donors (Lipinski definition) is 0. The molecule has 0 radical (unpaired) electrons. The van der Waals surface area contributed by atoms with Gasteiger partial charge in [-0.3, -0.25) is 0 Å². The molecule has 2 heterocycles. The summed E-state index contributed by atoms with van der Waals surface area (Å²) in [6.07, 6.45) is 3.08. The highest BCUT2D eigenvalue weighted by molar-refractivity contribution is 14.1. The number of aliphatic imine (C=N–C) groups is 1. The highest BCUT2D eigenvalue weighted by atomic mass is 127. The Bertz CT molecular complexity index is 1170. The lowest BCUT2D eigenvalue weighted by atomic mass is 10.1. The molecule has 1 aliphatic rings. The minimum atomic E-state index is -0.570. The molecule has 3 aromatic rings. The smallest absolute Gasteiger partial charge is 0.363 e. The molecule has 0 saturated heterocycles. The summed E-state index contributed by atoms with van der Waals surface area (Å²) in [5.74, 6) is 0.575. The molecule has 0 N–H and O–H groups in total. The van der Waals surface area contributed by atoms with Gasteiger partial charge in [-0.05, 0) is 71.5 Å². The standard InChI is InChI=1S/C23H17FINO5/c1-2-28-20-12-14(11-18-23(27)31-22(26-18)19-8-5-9-29-19)10-17(25)21(20)30-13-15-6-3-4-7-16(15)24/h3-12H,2,13H2,1H3/b18-11-. The van der Waals surface area contributed by atoms with Gasteiger partial charge in [0.25, 0.3) is 5.90 Å². The molecule has 0 unspecified atom stereocenters. The van der Waals surface area contributed by atoms with Crippen LogP contribution in [0.3, 0.4) is 0 Å². The van der Waals surface area contributed by atoms with Gasteiger partial charge in [-0.15, -0.1) is 0 Å². The summed E-state index contributed by atoms with van der Waals surface area (Å²) < 4.78 is 36.7. The van der Waals surface area contributed by atoms with Crippen LogP contribution in [0.5, 0.6) is 11.5 Å². The van der Waals surface area contributed by atoms with E-state index >= 15 is 0 Å². The number of benzene rings is 2. The van der Waals surface area contributed by atoms with Crippen LogP contribution in [0.2, 0.25) is 0 Å². The third-order valence-corrected chi connectivity index (χ3v) is 5.12. The number of carbonyl (C=O) groups excluding carboxylic acids is 1. The average molecular weight is 533 g/mol. The largest absolute Gasteiger partial charge is 0.490 e. The Morgan fingerprint density at radius 1 is 1.16 bits per heavy atom. The van der Waals surface area contributed by atoms with Crippen LogP contribution >= 0.6 is 22.6 Å². The number of cyclic esters (lactones) is 1. The van der Waals surface area contributed by atoms with Crippen LogP contribution in [0.4, 0.5) is 4.39 Å². The Morgan fingerprint density at radius 3 is 2.74 bits per heavy atom. The highest BCUT2D eigenvalue weighted by Crippen LogP contribution is 2.36. The van der Waals surface area contributed by atoms with Gasteiger partial charge in [-0.2, -0.15) is 0 Å². The van der Waals surface area contributed by atoms with Crippen molar-refractivity contribution < 1.29 is 27.8 Å². The van der Waals surface area contributed by atoms with E-state index in [2.05, 4.69) is 27.6 Å². The molecule has 31 heavy (non-hydrogen) atoms. The van der Waals surface area contributed by atoms with Gasteiger partial charge in [0.05, 0.1) is 16.4 Å². The molecule has 0 aliphatic carbocycles. The Labute approximate surface area is 191 Å². The predicted octanol–water partition coefficient (Wildman–Crippen LogP) is 5.35. The summed E-state index contributed by atoms with van der Waals surface area (Å²) in [5.41, 5.74) is 1.27. The molecule has 0 fully saturated rings. The number of hydrogen-bond acceptors (Lipinski definition) is 6. The quantitative estimate of drug-likeness (QED) is 0.233.